The normalized spacial score (nSPS) is 18.3. The van der Waals surface area contributed by atoms with Gasteiger partial charge in [0.25, 0.3) is 0 Å². The van der Waals surface area contributed by atoms with E-state index in [0.717, 1.165) is 19.5 Å². The molecule has 62 valence electrons. The average molecular weight is 155 g/mol. The van der Waals surface area contributed by atoms with Gasteiger partial charge in [-0.3, -0.25) is 9.69 Å². The molecular formula is C8H13NO2. The topological polar surface area (TPSA) is 29.5 Å². The van der Waals surface area contributed by atoms with Gasteiger partial charge in [0.2, 0.25) is 0 Å². The highest BCUT2D eigenvalue weighted by Crippen LogP contribution is 2.00. The second-order valence-corrected chi connectivity index (χ2v) is 2.57. The molecule has 1 rings (SSSR count). The van der Waals surface area contributed by atoms with Gasteiger partial charge in [-0.25, -0.2) is 0 Å². The first-order valence-electron chi connectivity index (χ1n) is 3.77. The van der Waals surface area contributed by atoms with E-state index in [1.807, 2.05) is 0 Å². The highest BCUT2D eigenvalue weighted by molar-refractivity contribution is 5.71. The smallest absolute Gasteiger partial charge is 0.319 e. The number of carbonyl (C=O) groups is 1. The first kappa shape index (κ1) is 8.27. The summed E-state index contributed by atoms with van der Waals surface area (Å²) < 4.78 is 4.55. The molecule has 0 spiro atoms. The maximum Gasteiger partial charge on any atom is 0.319 e. The third-order valence-electron chi connectivity index (χ3n) is 1.72. The summed E-state index contributed by atoms with van der Waals surface area (Å²) in [5.74, 6) is -0.152. The van der Waals surface area contributed by atoms with Crippen molar-refractivity contribution in [3.05, 3.63) is 12.2 Å². The van der Waals surface area contributed by atoms with E-state index >= 15 is 0 Å². The molecule has 0 radical (unpaired) electrons. The van der Waals surface area contributed by atoms with Crippen LogP contribution in [-0.4, -0.2) is 37.6 Å². The molecule has 0 bridgehead atoms. The van der Waals surface area contributed by atoms with Crippen LogP contribution in [0, 0.1) is 0 Å². The van der Waals surface area contributed by atoms with Crippen LogP contribution in [0.4, 0.5) is 0 Å². The number of methoxy groups -OCH3 is 1. The number of rotatable bonds is 2. The molecule has 3 heteroatoms. The van der Waals surface area contributed by atoms with Gasteiger partial charge in [0, 0.05) is 13.1 Å². The lowest BCUT2D eigenvalue weighted by Gasteiger charge is -2.20. The molecule has 0 aliphatic carbocycles. The number of ether oxygens (including phenoxy) is 1. The number of hydrogen-bond donors (Lipinski definition) is 0. The van der Waals surface area contributed by atoms with E-state index in [-0.39, 0.29) is 5.97 Å². The van der Waals surface area contributed by atoms with Crippen LogP contribution in [0.25, 0.3) is 0 Å². The van der Waals surface area contributed by atoms with Gasteiger partial charge in [-0.15, -0.1) is 0 Å². The van der Waals surface area contributed by atoms with E-state index < -0.39 is 0 Å². The molecule has 3 nitrogen and oxygen atoms in total. The Morgan fingerprint density at radius 1 is 1.64 bits per heavy atom. The van der Waals surface area contributed by atoms with Crippen LogP contribution in [0.5, 0.6) is 0 Å². The standard InChI is InChI=1S/C8H13NO2/c1-11-8(10)7-9-5-3-2-4-6-9/h2-3H,4-7H2,1H3. The van der Waals surface area contributed by atoms with Gasteiger partial charge in [-0.1, -0.05) is 12.2 Å². The summed E-state index contributed by atoms with van der Waals surface area (Å²) in [6.07, 6.45) is 5.25. The maximum atomic E-state index is 10.8. The third-order valence-corrected chi connectivity index (χ3v) is 1.72. The Balaban J connectivity index is 2.26. The van der Waals surface area contributed by atoms with E-state index in [2.05, 4.69) is 21.8 Å². The minimum Gasteiger partial charge on any atom is -0.468 e. The lowest BCUT2D eigenvalue weighted by molar-refractivity contribution is -0.141. The molecule has 0 aromatic rings. The molecule has 0 saturated heterocycles. The molecule has 0 aromatic carbocycles. The molecule has 0 aromatic heterocycles. The second kappa shape index (κ2) is 4.13. The average Bonchev–Trinajstić information content (AvgIpc) is 2.06. The van der Waals surface area contributed by atoms with Crippen molar-refractivity contribution >= 4 is 5.97 Å². The largest absolute Gasteiger partial charge is 0.468 e. The summed E-state index contributed by atoms with van der Waals surface area (Å²) in [6.45, 7) is 2.25. The van der Waals surface area contributed by atoms with Gasteiger partial charge >= 0.3 is 5.97 Å². The summed E-state index contributed by atoms with van der Waals surface area (Å²) in [4.78, 5) is 12.9. The van der Waals surface area contributed by atoms with Crippen molar-refractivity contribution in [3.8, 4) is 0 Å². The second-order valence-electron chi connectivity index (χ2n) is 2.57. The van der Waals surface area contributed by atoms with Crippen LogP contribution < -0.4 is 0 Å². The van der Waals surface area contributed by atoms with Crippen LogP contribution in [-0.2, 0) is 9.53 Å². The van der Waals surface area contributed by atoms with Gasteiger partial charge in [-0.2, -0.15) is 0 Å². The fourth-order valence-corrected chi connectivity index (χ4v) is 1.08. The van der Waals surface area contributed by atoms with Crippen molar-refractivity contribution in [1.82, 2.24) is 4.90 Å². The van der Waals surface area contributed by atoms with Gasteiger partial charge in [0.15, 0.2) is 0 Å². The van der Waals surface area contributed by atoms with Crippen molar-refractivity contribution < 1.29 is 9.53 Å². The fraction of sp³-hybridized carbons (Fsp3) is 0.625. The molecule has 0 amide bonds. The lowest BCUT2D eigenvalue weighted by atomic mass is 10.2. The number of carbonyl (C=O) groups excluding carboxylic acids is 1. The van der Waals surface area contributed by atoms with Gasteiger partial charge in [0.1, 0.15) is 0 Å². The summed E-state index contributed by atoms with van der Waals surface area (Å²) in [5, 5.41) is 0. The predicted octanol–water partition coefficient (Wildman–Crippen LogP) is 0.421. The Hall–Kier alpha value is -0.830. The molecule has 1 aliphatic heterocycles. The Labute approximate surface area is 66.6 Å². The first-order valence-corrected chi connectivity index (χ1v) is 3.77. The third kappa shape index (κ3) is 2.72. The molecule has 11 heavy (non-hydrogen) atoms. The molecule has 0 unspecified atom stereocenters. The lowest BCUT2D eigenvalue weighted by Crippen LogP contribution is -2.33. The number of nitrogens with zero attached hydrogens (tertiary/aromatic N) is 1. The van der Waals surface area contributed by atoms with Crippen molar-refractivity contribution in [2.45, 2.75) is 6.42 Å². The summed E-state index contributed by atoms with van der Waals surface area (Å²) in [6, 6.07) is 0. The summed E-state index contributed by atoms with van der Waals surface area (Å²) in [5.41, 5.74) is 0. The van der Waals surface area contributed by atoms with Crippen molar-refractivity contribution in [3.63, 3.8) is 0 Å². The zero-order valence-corrected chi connectivity index (χ0v) is 6.75. The van der Waals surface area contributed by atoms with E-state index in [1.54, 1.807) is 0 Å². The minimum absolute atomic E-state index is 0.152. The fourth-order valence-electron chi connectivity index (χ4n) is 1.08. The molecule has 0 N–H and O–H groups in total. The van der Waals surface area contributed by atoms with Crippen LogP contribution >= 0.6 is 0 Å². The van der Waals surface area contributed by atoms with Crippen LogP contribution in [0.15, 0.2) is 12.2 Å². The molecular weight excluding hydrogens is 142 g/mol. The van der Waals surface area contributed by atoms with E-state index in [1.165, 1.54) is 7.11 Å². The van der Waals surface area contributed by atoms with Gasteiger partial charge in [0.05, 0.1) is 13.7 Å². The van der Waals surface area contributed by atoms with Crippen molar-refractivity contribution in [2.75, 3.05) is 26.7 Å². The predicted molar refractivity (Wildman–Crippen MR) is 42.2 cm³/mol. The van der Waals surface area contributed by atoms with Crippen LogP contribution in [0.2, 0.25) is 0 Å². The van der Waals surface area contributed by atoms with Crippen molar-refractivity contribution in [1.29, 1.82) is 0 Å². The highest BCUT2D eigenvalue weighted by Gasteiger charge is 2.10. The zero-order chi connectivity index (χ0) is 8.10. The monoisotopic (exact) mass is 155 g/mol. The first-order chi connectivity index (χ1) is 5.33. The Kier molecular flexibility index (Phi) is 3.11. The quantitative estimate of drug-likeness (QED) is 0.427. The number of hydrogen-bond acceptors (Lipinski definition) is 3. The maximum absolute atomic E-state index is 10.8. The molecule has 0 atom stereocenters. The molecule has 1 heterocycles. The van der Waals surface area contributed by atoms with Gasteiger partial charge in [-0.05, 0) is 6.42 Å². The molecule has 0 saturated carbocycles. The van der Waals surface area contributed by atoms with Crippen LogP contribution in [0.3, 0.4) is 0 Å². The SMILES string of the molecule is COC(=O)CN1CC=CCC1. The summed E-state index contributed by atoms with van der Waals surface area (Å²) >= 11 is 0. The molecule has 0 fully saturated rings. The molecule has 1 aliphatic rings. The summed E-state index contributed by atoms with van der Waals surface area (Å²) in [7, 11) is 1.42. The minimum atomic E-state index is -0.152. The van der Waals surface area contributed by atoms with E-state index in [9.17, 15) is 4.79 Å². The number of esters is 1. The Morgan fingerprint density at radius 2 is 2.45 bits per heavy atom. The zero-order valence-electron chi connectivity index (χ0n) is 6.75. The highest BCUT2D eigenvalue weighted by atomic mass is 16.5. The van der Waals surface area contributed by atoms with Crippen molar-refractivity contribution in [2.24, 2.45) is 0 Å². The Bertz CT molecular complexity index is 165. The van der Waals surface area contributed by atoms with Crippen LogP contribution in [0.1, 0.15) is 6.42 Å². The van der Waals surface area contributed by atoms with Gasteiger partial charge < -0.3 is 4.74 Å². The van der Waals surface area contributed by atoms with E-state index in [4.69, 9.17) is 0 Å². The Morgan fingerprint density at radius 3 is 3.00 bits per heavy atom. The van der Waals surface area contributed by atoms with E-state index in [0.29, 0.717) is 6.54 Å².